The van der Waals surface area contributed by atoms with Crippen LogP contribution in [0.4, 0.5) is 18.9 Å². The highest BCUT2D eigenvalue weighted by molar-refractivity contribution is 7.92. The van der Waals surface area contributed by atoms with Crippen molar-refractivity contribution in [1.29, 1.82) is 0 Å². The summed E-state index contributed by atoms with van der Waals surface area (Å²) in [5.74, 6) is -1.36. The van der Waals surface area contributed by atoms with Crippen molar-refractivity contribution in [1.82, 2.24) is 0 Å². The number of hydrogen-bond donors (Lipinski definition) is 1. The molecule has 1 atom stereocenters. The zero-order chi connectivity index (χ0) is 21.6. The van der Waals surface area contributed by atoms with Crippen LogP contribution in [0.25, 0.3) is 0 Å². The second kappa shape index (κ2) is 7.25. The van der Waals surface area contributed by atoms with Gasteiger partial charge in [-0.3, -0.25) is 4.31 Å². The Labute approximate surface area is 165 Å². The number of aromatic hydroxyl groups is 1. The summed E-state index contributed by atoms with van der Waals surface area (Å²) >= 11 is 0. The molecule has 1 aliphatic rings. The summed E-state index contributed by atoms with van der Waals surface area (Å²) in [5, 5.41) is 9.81. The van der Waals surface area contributed by atoms with E-state index in [0.29, 0.717) is 12.8 Å². The molecule has 29 heavy (non-hydrogen) atoms. The number of carbonyl (C=O) groups excluding carboxylic acids is 1. The van der Waals surface area contributed by atoms with Crippen molar-refractivity contribution in [2.75, 3.05) is 11.4 Å². The van der Waals surface area contributed by atoms with Gasteiger partial charge >= 0.3 is 12.1 Å². The number of carbonyl (C=O) groups is 1. The number of halogens is 3. The molecular weight excluding hydrogens is 411 g/mol. The van der Waals surface area contributed by atoms with E-state index in [0.717, 1.165) is 47.8 Å². The van der Waals surface area contributed by atoms with Crippen LogP contribution in [0.2, 0.25) is 0 Å². The second-order valence-electron chi connectivity index (χ2n) is 6.70. The highest BCUT2D eigenvalue weighted by Gasteiger charge is 2.37. The molecule has 2 aromatic rings. The van der Waals surface area contributed by atoms with Crippen molar-refractivity contribution in [3.8, 4) is 5.75 Å². The van der Waals surface area contributed by atoms with Gasteiger partial charge in [-0.15, -0.1) is 0 Å². The average molecular weight is 429 g/mol. The summed E-state index contributed by atoms with van der Waals surface area (Å²) in [6.45, 7) is 1.65. The summed E-state index contributed by atoms with van der Waals surface area (Å²) in [4.78, 5) is 11.5. The van der Waals surface area contributed by atoms with Gasteiger partial charge in [0.25, 0.3) is 10.0 Å². The van der Waals surface area contributed by atoms with E-state index in [2.05, 4.69) is 4.74 Å². The maximum atomic E-state index is 13.3. The number of nitrogens with zero attached hydrogens (tertiary/aromatic N) is 1. The second-order valence-corrected chi connectivity index (χ2v) is 8.52. The van der Waals surface area contributed by atoms with Crippen molar-refractivity contribution in [2.24, 2.45) is 0 Å². The van der Waals surface area contributed by atoms with Gasteiger partial charge in [-0.25, -0.2) is 13.2 Å². The van der Waals surface area contributed by atoms with Crippen LogP contribution in [-0.2, 0) is 27.4 Å². The highest BCUT2D eigenvalue weighted by atomic mass is 32.2. The molecule has 0 bridgehead atoms. The smallest absolute Gasteiger partial charge is 0.416 e. The lowest BCUT2D eigenvalue weighted by molar-refractivity contribution is -0.137. The van der Waals surface area contributed by atoms with Crippen LogP contribution >= 0.6 is 0 Å². The predicted octanol–water partition coefficient (Wildman–Crippen LogP) is 3.73. The molecule has 0 saturated carbocycles. The van der Waals surface area contributed by atoms with Crippen LogP contribution in [0.15, 0.2) is 41.3 Å². The standard InChI is InChI=1S/C19H18F3NO5S/c1-11-3-4-12-9-13(19(20,21)22)5-7-16(12)23(11)29(26,27)14-6-8-17(24)15(10-14)18(25)28-2/h5-11,24H,3-4H2,1-2H3. The Morgan fingerprint density at radius 3 is 2.52 bits per heavy atom. The normalized spacial score (nSPS) is 17.0. The van der Waals surface area contributed by atoms with Crippen molar-refractivity contribution in [2.45, 2.75) is 36.9 Å². The fraction of sp³-hybridized carbons (Fsp3) is 0.316. The maximum absolute atomic E-state index is 13.3. The van der Waals surface area contributed by atoms with Crippen molar-refractivity contribution in [3.63, 3.8) is 0 Å². The number of rotatable bonds is 3. The first-order valence-corrected chi connectivity index (χ1v) is 10.1. The fourth-order valence-corrected chi connectivity index (χ4v) is 5.08. The van der Waals surface area contributed by atoms with Crippen LogP contribution in [0.5, 0.6) is 5.75 Å². The van der Waals surface area contributed by atoms with E-state index in [9.17, 15) is 31.5 Å². The first kappa shape index (κ1) is 21.0. The van der Waals surface area contributed by atoms with E-state index in [4.69, 9.17) is 0 Å². The first-order valence-electron chi connectivity index (χ1n) is 8.62. The van der Waals surface area contributed by atoms with E-state index in [1.165, 1.54) is 0 Å². The molecule has 2 aromatic carbocycles. The number of aryl methyl sites for hydroxylation is 1. The molecule has 0 aliphatic carbocycles. The minimum absolute atomic E-state index is 0.157. The molecule has 156 valence electrons. The zero-order valence-electron chi connectivity index (χ0n) is 15.5. The monoisotopic (exact) mass is 429 g/mol. The molecule has 0 saturated heterocycles. The number of hydrogen-bond acceptors (Lipinski definition) is 5. The van der Waals surface area contributed by atoms with Gasteiger partial charge in [-0.1, -0.05) is 0 Å². The number of methoxy groups -OCH3 is 1. The van der Waals surface area contributed by atoms with E-state index < -0.39 is 39.5 Å². The van der Waals surface area contributed by atoms with Gasteiger partial charge in [0.05, 0.1) is 23.3 Å². The summed E-state index contributed by atoms with van der Waals surface area (Å²) in [5.41, 5.74) is -0.746. The minimum Gasteiger partial charge on any atom is -0.507 e. The number of esters is 1. The third-order valence-electron chi connectivity index (χ3n) is 4.81. The number of alkyl halides is 3. The number of benzene rings is 2. The maximum Gasteiger partial charge on any atom is 0.416 e. The van der Waals surface area contributed by atoms with Gasteiger partial charge in [0.2, 0.25) is 0 Å². The largest absolute Gasteiger partial charge is 0.507 e. The van der Waals surface area contributed by atoms with Crippen LogP contribution in [0.1, 0.15) is 34.8 Å². The average Bonchev–Trinajstić information content (AvgIpc) is 2.66. The number of phenolic OH excluding ortho intramolecular Hbond substituents is 1. The van der Waals surface area contributed by atoms with E-state index >= 15 is 0 Å². The first-order chi connectivity index (χ1) is 13.5. The van der Waals surface area contributed by atoms with Crippen LogP contribution < -0.4 is 4.31 Å². The van der Waals surface area contributed by atoms with Gasteiger partial charge in [-0.2, -0.15) is 13.2 Å². The molecule has 6 nitrogen and oxygen atoms in total. The predicted molar refractivity (Wildman–Crippen MR) is 98.3 cm³/mol. The van der Waals surface area contributed by atoms with Crippen LogP contribution in [0, 0.1) is 0 Å². The molecule has 0 fully saturated rings. The molecule has 0 aromatic heterocycles. The number of sulfonamides is 1. The highest BCUT2D eigenvalue weighted by Crippen LogP contribution is 2.39. The Kier molecular flexibility index (Phi) is 5.24. The van der Waals surface area contributed by atoms with Gasteiger partial charge in [-0.05, 0) is 61.7 Å². The number of fused-ring (bicyclic) bond motifs is 1. The lowest BCUT2D eigenvalue weighted by Gasteiger charge is -2.36. The van der Waals surface area contributed by atoms with Gasteiger partial charge in [0.15, 0.2) is 0 Å². The Morgan fingerprint density at radius 2 is 1.90 bits per heavy atom. The molecule has 3 rings (SSSR count). The molecule has 0 amide bonds. The molecule has 1 aliphatic heterocycles. The van der Waals surface area contributed by atoms with Gasteiger partial charge in [0, 0.05) is 6.04 Å². The number of anilines is 1. The van der Waals surface area contributed by atoms with Crippen LogP contribution in [0.3, 0.4) is 0 Å². The van der Waals surface area contributed by atoms with E-state index in [-0.39, 0.29) is 21.7 Å². The summed E-state index contributed by atoms with van der Waals surface area (Å²) in [6, 6.07) is 5.61. The van der Waals surface area contributed by atoms with Gasteiger partial charge < -0.3 is 9.84 Å². The third-order valence-corrected chi connectivity index (χ3v) is 6.73. The molecule has 1 heterocycles. The van der Waals surface area contributed by atoms with E-state index in [1.54, 1.807) is 6.92 Å². The number of ether oxygens (including phenoxy) is 1. The lowest BCUT2D eigenvalue weighted by atomic mass is 9.97. The molecule has 10 heteroatoms. The molecule has 1 unspecified atom stereocenters. The third kappa shape index (κ3) is 3.76. The Bertz CT molecular complexity index is 1070. The number of phenols is 1. The summed E-state index contributed by atoms with van der Waals surface area (Å²) < 4.78 is 71.2. The Balaban J connectivity index is 2.12. The molecule has 0 spiro atoms. The van der Waals surface area contributed by atoms with Crippen molar-refractivity contribution in [3.05, 3.63) is 53.1 Å². The minimum atomic E-state index is -4.53. The Hall–Kier alpha value is -2.75. The molecule has 0 radical (unpaired) electrons. The van der Waals surface area contributed by atoms with Gasteiger partial charge in [0.1, 0.15) is 11.3 Å². The fourth-order valence-electron chi connectivity index (χ4n) is 3.33. The molecule has 1 N–H and O–H groups in total. The Morgan fingerprint density at radius 1 is 1.21 bits per heavy atom. The van der Waals surface area contributed by atoms with Crippen LogP contribution in [-0.4, -0.2) is 32.6 Å². The summed E-state index contributed by atoms with van der Waals surface area (Å²) in [6.07, 6.45) is -3.90. The van der Waals surface area contributed by atoms with Crippen molar-refractivity contribution >= 4 is 21.7 Å². The van der Waals surface area contributed by atoms with Crippen molar-refractivity contribution < 1.29 is 36.2 Å². The van der Waals surface area contributed by atoms with E-state index in [1.807, 2.05) is 0 Å². The zero-order valence-corrected chi connectivity index (χ0v) is 16.3. The SMILES string of the molecule is COC(=O)c1cc(S(=O)(=O)N2c3ccc(C(F)(F)F)cc3CCC2C)ccc1O. The topological polar surface area (TPSA) is 83.9 Å². The molecular formula is C19H18F3NO5S. The lowest BCUT2D eigenvalue weighted by Crippen LogP contribution is -2.42. The summed E-state index contributed by atoms with van der Waals surface area (Å²) in [7, 11) is -3.13. The quantitative estimate of drug-likeness (QED) is 0.752.